The predicted molar refractivity (Wildman–Crippen MR) is 105 cm³/mol. The smallest absolute Gasteiger partial charge is 0.248 e. The number of aromatic hydroxyl groups is 1. The molecule has 0 unspecified atom stereocenters. The predicted octanol–water partition coefficient (Wildman–Crippen LogP) is 3.79. The minimum Gasteiger partial charge on any atom is -0.494 e. The van der Waals surface area contributed by atoms with Crippen molar-refractivity contribution in [1.29, 1.82) is 0 Å². The van der Waals surface area contributed by atoms with Gasteiger partial charge in [-0.2, -0.15) is 0 Å². The fraction of sp³-hybridized carbons (Fsp3) is 0. The van der Waals surface area contributed by atoms with Crippen molar-refractivity contribution in [2.24, 2.45) is 10.7 Å². The lowest BCUT2D eigenvalue weighted by atomic mass is 10.1. The maximum absolute atomic E-state index is 11.3. The number of carbonyl (C=O) groups excluding carboxylic acids is 1. The Morgan fingerprint density at radius 3 is 2.67 bits per heavy atom. The Bertz CT molecular complexity index is 1160. The van der Waals surface area contributed by atoms with Crippen LogP contribution in [0.25, 0.3) is 22.2 Å². The van der Waals surface area contributed by atoms with Crippen LogP contribution in [0.15, 0.2) is 71.9 Å². The van der Waals surface area contributed by atoms with E-state index >= 15 is 0 Å². The summed E-state index contributed by atoms with van der Waals surface area (Å²) in [4.78, 5) is 22.9. The second kappa shape index (κ2) is 6.76. The van der Waals surface area contributed by atoms with E-state index in [0.717, 1.165) is 16.5 Å². The van der Waals surface area contributed by atoms with Crippen LogP contribution in [0.5, 0.6) is 5.88 Å². The van der Waals surface area contributed by atoms with Crippen LogP contribution in [-0.2, 0) is 0 Å². The van der Waals surface area contributed by atoms with Gasteiger partial charge in [0.1, 0.15) is 5.65 Å². The molecule has 2 aromatic carbocycles. The van der Waals surface area contributed by atoms with Crippen molar-refractivity contribution in [3.8, 4) is 17.0 Å². The first kappa shape index (κ1) is 16.5. The number of fused-ring (bicyclic) bond motifs is 1. The number of benzene rings is 2. The molecule has 27 heavy (non-hydrogen) atoms. The molecule has 0 fully saturated rings. The summed E-state index contributed by atoms with van der Waals surface area (Å²) in [5, 5.41) is 11.0. The van der Waals surface area contributed by atoms with Crippen molar-refractivity contribution in [1.82, 2.24) is 9.97 Å². The Morgan fingerprint density at radius 1 is 1.07 bits per heavy atom. The number of aromatic nitrogens is 2. The molecule has 0 spiro atoms. The Hall–Kier alpha value is -3.93. The third kappa shape index (κ3) is 3.28. The fourth-order valence-corrected chi connectivity index (χ4v) is 2.87. The van der Waals surface area contributed by atoms with E-state index in [4.69, 9.17) is 5.73 Å². The molecule has 4 N–H and O–H groups in total. The van der Waals surface area contributed by atoms with Gasteiger partial charge in [0.15, 0.2) is 5.88 Å². The number of aliphatic imine (C=N–C) groups is 1. The minimum absolute atomic E-state index is 0.0162. The lowest BCUT2D eigenvalue weighted by Crippen LogP contribution is -2.10. The van der Waals surface area contributed by atoms with Gasteiger partial charge >= 0.3 is 0 Å². The molecule has 0 atom stereocenters. The molecule has 132 valence electrons. The first-order valence-electron chi connectivity index (χ1n) is 8.32. The van der Waals surface area contributed by atoms with Crippen molar-refractivity contribution >= 4 is 28.8 Å². The zero-order chi connectivity index (χ0) is 18.8. The number of pyridine rings is 1. The largest absolute Gasteiger partial charge is 0.494 e. The van der Waals surface area contributed by atoms with Crippen LogP contribution in [-0.4, -0.2) is 27.2 Å². The van der Waals surface area contributed by atoms with Gasteiger partial charge in [0.25, 0.3) is 0 Å². The van der Waals surface area contributed by atoms with E-state index in [1.54, 1.807) is 36.7 Å². The van der Waals surface area contributed by atoms with Crippen molar-refractivity contribution in [3.63, 3.8) is 0 Å². The standard InChI is InChI=1S/C21H16N4O2/c22-19(26)14-7-4-8-16(9-14)23-12-18-17-10-15(13-5-2-1-3-6-13)11-24-20(17)25-21(18)27/h1-12,27H,(H2,22,26)(H,24,25). The number of hydrogen-bond donors (Lipinski definition) is 3. The monoisotopic (exact) mass is 356 g/mol. The van der Waals surface area contributed by atoms with Crippen LogP contribution >= 0.6 is 0 Å². The number of aromatic amines is 1. The molecule has 4 rings (SSSR count). The number of rotatable bonds is 4. The fourth-order valence-electron chi connectivity index (χ4n) is 2.87. The number of nitrogens with one attached hydrogen (secondary N) is 1. The highest BCUT2D eigenvalue weighted by Crippen LogP contribution is 2.29. The van der Waals surface area contributed by atoms with E-state index in [1.165, 1.54) is 0 Å². The van der Waals surface area contributed by atoms with E-state index in [1.807, 2.05) is 36.4 Å². The quantitative estimate of drug-likeness (QED) is 0.485. The number of amides is 1. The van der Waals surface area contributed by atoms with Gasteiger partial charge in [0.2, 0.25) is 5.91 Å². The summed E-state index contributed by atoms with van der Waals surface area (Å²) >= 11 is 0. The number of carbonyl (C=O) groups is 1. The van der Waals surface area contributed by atoms with Crippen molar-refractivity contribution < 1.29 is 9.90 Å². The van der Waals surface area contributed by atoms with E-state index < -0.39 is 5.91 Å². The van der Waals surface area contributed by atoms with E-state index in [0.29, 0.717) is 22.5 Å². The summed E-state index contributed by atoms with van der Waals surface area (Å²) in [7, 11) is 0. The molecule has 6 heteroatoms. The second-order valence-corrected chi connectivity index (χ2v) is 6.05. The molecule has 0 aliphatic rings. The summed E-state index contributed by atoms with van der Waals surface area (Å²) < 4.78 is 0. The van der Waals surface area contributed by atoms with Gasteiger partial charge in [-0.05, 0) is 29.8 Å². The van der Waals surface area contributed by atoms with Gasteiger partial charge in [-0.3, -0.25) is 9.79 Å². The maximum atomic E-state index is 11.3. The maximum Gasteiger partial charge on any atom is 0.248 e. The lowest BCUT2D eigenvalue weighted by molar-refractivity contribution is 0.100. The van der Waals surface area contributed by atoms with E-state index in [2.05, 4.69) is 15.0 Å². The number of H-pyrrole nitrogens is 1. The van der Waals surface area contributed by atoms with Crippen LogP contribution in [0.3, 0.4) is 0 Å². The number of nitrogens with two attached hydrogens (primary N) is 1. The van der Waals surface area contributed by atoms with Gasteiger partial charge in [-0.15, -0.1) is 0 Å². The third-order valence-electron chi connectivity index (χ3n) is 4.25. The van der Waals surface area contributed by atoms with Crippen molar-refractivity contribution in [3.05, 3.63) is 78.0 Å². The van der Waals surface area contributed by atoms with Crippen molar-refractivity contribution in [2.45, 2.75) is 0 Å². The highest BCUT2D eigenvalue weighted by molar-refractivity contribution is 6.02. The molecule has 4 aromatic rings. The van der Waals surface area contributed by atoms with Crippen molar-refractivity contribution in [2.75, 3.05) is 0 Å². The van der Waals surface area contributed by atoms with Gasteiger partial charge < -0.3 is 15.8 Å². The van der Waals surface area contributed by atoms with Crippen LogP contribution < -0.4 is 5.73 Å². The second-order valence-electron chi connectivity index (χ2n) is 6.05. The third-order valence-corrected chi connectivity index (χ3v) is 4.25. The van der Waals surface area contributed by atoms with Crippen LogP contribution in [0.1, 0.15) is 15.9 Å². The zero-order valence-electron chi connectivity index (χ0n) is 14.3. The van der Waals surface area contributed by atoms with E-state index in [9.17, 15) is 9.90 Å². The summed E-state index contributed by atoms with van der Waals surface area (Å²) in [5.74, 6) is -0.531. The molecule has 6 nitrogen and oxygen atoms in total. The SMILES string of the molecule is NC(=O)c1cccc(N=Cc2c(O)[nH]c3ncc(-c4ccccc4)cc23)c1. The van der Waals surface area contributed by atoms with Crippen LogP contribution in [0.4, 0.5) is 5.69 Å². The molecule has 2 heterocycles. The Balaban J connectivity index is 1.76. The summed E-state index contributed by atoms with van der Waals surface area (Å²) in [5.41, 5.74) is 9.30. The Labute approximate surface area is 155 Å². The molecular weight excluding hydrogens is 340 g/mol. The van der Waals surface area contributed by atoms with Gasteiger partial charge in [0.05, 0.1) is 11.3 Å². The lowest BCUT2D eigenvalue weighted by Gasteiger charge is -2.01. The average molecular weight is 356 g/mol. The van der Waals surface area contributed by atoms with Gasteiger partial charge in [0, 0.05) is 28.9 Å². The number of hydrogen-bond acceptors (Lipinski definition) is 4. The topological polar surface area (TPSA) is 104 Å². The molecular formula is C21H16N4O2. The summed E-state index contributed by atoms with van der Waals surface area (Å²) in [6, 6.07) is 18.5. The van der Waals surface area contributed by atoms with Gasteiger partial charge in [-0.1, -0.05) is 36.4 Å². The Kier molecular flexibility index (Phi) is 4.14. The minimum atomic E-state index is -0.515. The molecule has 0 radical (unpaired) electrons. The number of primary amides is 1. The number of nitrogens with zero attached hydrogens (tertiary/aromatic N) is 2. The van der Waals surface area contributed by atoms with E-state index in [-0.39, 0.29) is 5.88 Å². The van der Waals surface area contributed by atoms with Gasteiger partial charge in [-0.25, -0.2) is 4.98 Å². The molecule has 2 aromatic heterocycles. The molecule has 0 bridgehead atoms. The average Bonchev–Trinajstić information content (AvgIpc) is 3.01. The molecule has 0 saturated heterocycles. The Morgan fingerprint density at radius 2 is 1.89 bits per heavy atom. The summed E-state index contributed by atoms with van der Waals surface area (Å²) in [6.07, 6.45) is 3.30. The van der Waals surface area contributed by atoms with Crippen LogP contribution in [0, 0.1) is 0 Å². The first-order valence-corrected chi connectivity index (χ1v) is 8.32. The van der Waals surface area contributed by atoms with Crippen LogP contribution in [0.2, 0.25) is 0 Å². The highest BCUT2D eigenvalue weighted by Gasteiger charge is 2.11. The highest BCUT2D eigenvalue weighted by atomic mass is 16.3. The molecule has 1 amide bonds. The molecule has 0 aliphatic heterocycles. The normalized spacial score (nSPS) is 11.3. The zero-order valence-corrected chi connectivity index (χ0v) is 14.3. The first-order chi connectivity index (χ1) is 13.1. The summed E-state index contributed by atoms with van der Waals surface area (Å²) in [6.45, 7) is 0. The molecule has 0 saturated carbocycles. The molecule has 0 aliphatic carbocycles.